The minimum absolute atomic E-state index is 0.556. The van der Waals surface area contributed by atoms with Crippen molar-refractivity contribution in [2.24, 2.45) is 0 Å². The molecule has 0 saturated carbocycles. The zero-order valence-electron chi connectivity index (χ0n) is 12.6. The molecule has 0 aromatic rings. The number of carboxylic acids is 1. The van der Waals surface area contributed by atoms with Crippen molar-refractivity contribution in [3.8, 4) is 0 Å². The summed E-state index contributed by atoms with van der Waals surface area (Å²) in [6.07, 6.45) is 0. The molecule has 2 N–H and O–H groups in total. The first-order valence-corrected chi connectivity index (χ1v) is 6.89. The van der Waals surface area contributed by atoms with E-state index in [2.05, 4.69) is 34.1 Å². The van der Waals surface area contributed by atoms with Gasteiger partial charge in [-0.05, 0) is 28.1 Å². The quantitative estimate of drug-likeness (QED) is 0.635. The van der Waals surface area contributed by atoms with Crippen molar-refractivity contribution in [2.45, 2.75) is 12.5 Å². The number of piperazine rings is 1. The number of nitrogens with zero attached hydrogens (tertiary/aromatic N) is 3. The van der Waals surface area contributed by atoms with Gasteiger partial charge in [-0.2, -0.15) is 0 Å². The molecule has 1 saturated heterocycles. The molecular formula is C13H28N4O2. The molecule has 1 heterocycles. The van der Waals surface area contributed by atoms with E-state index < -0.39 is 11.5 Å². The molecule has 0 bridgehead atoms. The fourth-order valence-electron chi connectivity index (χ4n) is 2.21. The smallest absolute Gasteiger partial charge is 0.324 e. The lowest BCUT2D eigenvalue weighted by atomic mass is 10.0. The number of likely N-dealkylation sites (N-methyl/N-ethyl adjacent to an activating group) is 2. The first kappa shape index (κ1) is 16.4. The van der Waals surface area contributed by atoms with Crippen LogP contribution in [0.4, 0.5) is 0 Å². The van der Waals surface area contributed by atoms with Crippen LogP contribution in [0.25, 0.3) is 0 Å². The number of hydrogen-bond donors (Lipinski definition) is 2. The Morgan fingerprint density at radius 1 is 1.26 bits per heavy atom. The van der Waals surface area contributed by atoms with Gasteiger partial charge in [0.1, 0.15) is 5.54 Å². The van der Waals surface area contributed by atoms with Gasteiger partial charge in [0, 0.05) is 45.8 Å². The minimum Gasteiger partial charge on any atom is -0.480 e. The third kappa shape index (κ3) is 5.06. The van der Waals surface area contributed by atoms with E-state index in [4.69, 9.17) is 0 Å². The first-order chi connectivity index (χ1) is 8.87. The molecule has 1 unspecified atom stereocenters. The SMILES string of the molecule is CNC(C)(CN1CCN(CCN(C)C)CC1)C(=O)O. The van der Waals surface area contributed by atoms with E-state index in [0.29, 0.717) is 6.54 Å². The molecule has 1 aliphatic rings. The molecule has 0 spiro atoms. The van der Waals surface area contributed by atoms with Crippen LogP contribution in [0.1, 0.15) is 6.92 Å². The molecule has 6 heteroatoms. The molecule has 0 aromatic carbocycles. The van der Waals surface area contributed by atoms with Crippen molar-refractivity contribution in [3.63, 3.8) is 0 Å². The van der Waals surface area contributed by atoms with E-state index in [-0.39, 0.29) is 0 Å². The molecule has 0 aromatic heterocycles. The van der Waals surface area contributed by atoms with Gasteiger partial charge in [-0.3, -0.25) is 14.6 Å². The lowest BCUT2D eigenvalue weighted by molar-refractivity contribution is -0.145. The minimum atomic E-state index is -0.855. The van der Waals surface area contributed by atoms with Gasteiger partial charge in [0.15, 0.2) is 0 Å². The number of aliphatic carboxylic acids is 1. The summed E-state index contributed by atoms with van der Waals surface area (Å²) >= 11 is 0. The van der Waals surface area contributed by atoms with Crippen LogP contribution in [-0.2, 0) is 4.79 Å². The molecule has 0 amide bonds. The molecule has 6 nitrogen and oxygen atoms in total. The van der Waals surface area contributed by atoms with E-state index in [1.54, 1.807) is 14.0 Å². The number of carboxylic acid groups (broad SMARTS) is 1. The van der Waals surface area contributed by atoms with Crippen LogP contribution in [0, 0.1) is 0 Å². The van der Waals surface area contributed by atoms with Crippen LogP contribution in [0.3, 0.4) is 0 Å². The summed E-state index contributed by atoms with van der Waals surface area (Å²) in [5, 5.41) is 12.2. The predicted molar refractivity (Wildman–Crippen MR) is 76.5 cm³/mol. The summed E-state index contributed by atoms with van der Waals surface area (Å²) in [6.45, 7) is 8.39. The van der Waals surface area contributed by atoms with E-state index >= 15 is 0 Å². The fraction of sp³-hybridized carbons (Fsp3) is 0.923. The Balaban J connectivity index is 2.35. The van der Waals surface area contributed by atoms with E-state index in [1.165, 1.54) is 0 Å². The molecule has 1 fully saturated rings. The highest BCUT2D eigenvalue weighted by Crippen LogP contribution is 2.09. The maximum Gasteiger partial charge on any atom is 0.324 e. The van der Waals surface area contributed by atoms with Crippen LogP contribution in [-0.4, -0.2) is 98.3 Å². The molecule has 0 aliphatic carbocycles. The largest absolute Gasteiger partial charge is 0.480 e. The number of rotatable bonds is 7. The Morgan fingerprint density at radius 2 is 1.79 bits per heavy atom. The Kier molecular flexibility index (Phi) is 6.19. The zero-order chi connectivity index (χ0) is 14.5. The average Bonchev–Trinajstić information content (AvgIpc) is 2.37. The van der Waals surface area contributed by atoms with Crippen LogP contribution >= 0.6 is 0 Å². The topological polar surface area (TPSA) is 59.0 Å². The second-order valence-corrected chi connectivity index (χ2v) is 5.81. The molecule has 1 atom stereocenters. The Hall–Kier alpha value is -0.690. The van der Waals surface area contributed by atoms with Gasteiger partial charge in [0.05, 0.1) is 0 Å². The van der Waals surface area contributed by atoms with E-state index in [1.807, 2.05) is 0 Å². The van der Waals surface area contributed by atoms with Crippen molar-refractivity contribution >= 4 is 5.97 Å². The molecule has 19 heavy (non-hydrogen) atoms. The van der Waals surface area contributed by atoms with Crippen molar-refractivity contribution in [2.75, 3.05) is 67.0 Å². The third-order valence-corrected chi connectivity index (χ3v) is 3.89. The standard InChI is InChI=1S/C13H28N4O2/c1-13(14-2,12(18)19)11-17-9-7-16(8-10-17)6-5-15(3)4/h14H,5-11H2,1-4H3,(H,18,19). The Morgan fingerprint density at radius 3 is 2.21 bits per heavy atom. The third-order valence-electron chi connectivity index (χ3n) is 3.89. The highest BCUT2D eigenvalue weighted by molar-refractivity contribution is 5.78. The molecule has 1 rings (SSSR count). The van der Waals surface area contributed by atoms with Gasteiger partial charge in [-0.1, -0.05) is 0 Å². The van der Waals surface area contributed by atoms with E-state index in [0.717, 1.165) is 39.3 Å². The van der Waals surface area contributed by atoms with Gasteiger partial charge >= 0.3 is 5.97 Å². The van der Waals surface area contributed by atoms with Gasteiger partial charge in [-0.25, -0.2) is 0 Å². The Bertz CT molecular complexity index is 290. The summed E-state index contributed by atoms with van der Waals surface area (Å²) in [6, 6.07) is 0. The summed E-state index contributed by atoms with van der Waals surface area (Å²) in [5.41, 5.74) is -0.855. The zero-order valence-corrected chi connectivity index (χ0v) is 12.6. The maximum absolute atomic E-state index is 11.3. The van der Waals surface area contributed by atoms with Gasteiger partial charge in [0.2, 0.25) is 0 Å². The molecule has 0 radical (unpaired) electrons. The molecule has 112 valence electrons. The maximum atomic E-state index is 11.3. The molecule has 1 aliphatic heterocycles. The normalized spacial score (nSPS) is 21.5. The van der Waals surface area contributed by atoms with Crippen LogP contribution in [0.2, 0.25) is 0 Å². The van der Waals surface area contributed by atoms with Crippen LogP contribution in [0.15, 0.2) is 0 Å². The van der Waals surface area contributed by atoms with Crippen molar-refractivity contribution < 1.29 is 9.90 Å². The lowest BCUT2D eigenvalue weighted by Gasteiger charge is -2.38. The van der Waals surface area contributed by atoms with Crippen molar-refractivity contribution in [1.29, 1.82) is 0 Å². The summed E-state index contributed by atoms with van der Waals surface area (Å²) in [7, 11) is 5.88. The van der Waals surface area contributed by atoms with Gasteiger partial charge in [0.25, 0.3) is 0 Å². The van der Waals surface area contributed by atoms with Crippen LogP contribution < -0.4 is 5.32 Å². The Labute approximate surface area is 116 Å². The van der Waals surface area contributed by atoms with E-state index in [9.17, 15) is 9.90 Å². The summed E-state index contributed by atoms with van der Waals surface area (Å²) < 4.78 is 0. The number of nitrogens with one attached hydrogen (secondary N) is 1. The number of hydrogen-bond acceptors (Lipinski definition) is 5. The first-order valence-electron chi connectivity index (χ1n) is 6.89. The monoisotopic (exact) mass is 272 g/mol. The predicted octanol–water partition coefficient (Wildman–Crippen LogP) is -0.772. The lowest BCUT2D eigenvalue weighted by Crippen LogP contribution is -2.59. The number of carbonyl (C=O) groups is 1. The highest BCUT2D eigenvalue weighted by Gasteiger charge is 2.34. The van der Waals surface area contributed by atoms with Gasteiger partial charge < -0.3 is 15.3 Å². The average molecular weight is 272 g/mol. The molecular weight excluding hydrogens is 244 g/mol. The van der Waals surface area contributed by atoms with Gasteiger partial charge in [-0.15, -0.1) is 0 Å². The van der Waals surface area contributed by atoms with Crippen molar-refractivity contribution in [3.05, 3.63) is 0 Å². The summed E-state index contributed by atoms with van der Waals surface area (Å²) in [4.78, 5) is 18.1. The fourth-order valence-corrected chi connectivity index (χ4v) is 2.21. The second kappa shape index (κ2) is 7.19. The highest BCUT2D eigenvalue weighted by atomic mass is 16.4. The van der Waals surface area contributed by atoms with Crippen LogP contribution in [0.5, 0.6) is 0 Å². The summed E-state index contributed by atoms with van der Waals surface area (Å²) in [5.74, 6) is -0.787. The van der Waals surface area contributed by atoms with Crippen molar-refractivity contribution in [1.82, 2.24) is 20.0 Å². The second-order valence-electron chi connectivity index (χ2n) is 5.81.